The third-order valence-electron chi connectivity index (χ3n) is 5.07. The van der Waals surface area contributed by atoms with Gasteiger partial charge in [0.25, 0.3) is 0 Å². The van der Waals surface area contributed by atoms with Crippen molar-refractivity contribution in [2.45, 2.75) is 32.0 Å². The number of piperazine rings is 1. The number of carbonyl (C=O) groups is 2. The van der Waals surface area contributed by atoms with Crippen molar-refractivity contribution >= 4 is 11.9 Å². The summed E-state index contributed by atoms with van der Waals surface area (Å²) in [4.78, 5) is 30.3. The first-order valence-corrected chi connectivity index (χ1v) is 9.87. The monoisotopic (exact) mass is 389 g/mol. The van der Waals surface area contributed by atoms with Crippen LogP contribution in [0.5, 0.6) is 0 Å². The highest BCUT2D eigenvalue weighted by Gasteiger charge is 2.46. The van der Waals surface area contributed by atoms with E-state index in [0.29, 0.717) is 26.2 Å². The minimum Gasteiger partial charge on any atom is -0.444 e. The van der Waals surface area contributed by atoms with Crippen molar-refractivity contribution in [1.82, 2.24) is 14.7 Å². The zero-order valence-electron chi connectivity index (χ0n) is 17.1. The van der Waals surface area contributed by atoms with Crippen LogP contribution in [0.4, 0.5) is 4.79 Å². The van der Waals surface area contributed by atoms with Crippen molar-refractivity contribution in [3.8, 4) is 0 Å². The van der Waals surface area contributed by atoms with Crippen molar-refractivity contribution in [2.75, 3.05) is 52.4 Å². The van der Waals surface area contributed by atoms with Crippen LogP contribution in [0.3, 0.4) is 0 Å². The van der Waals surface area contributed by atoms with Gasteiger partial charge in [-0.3, -0.25) is 14.6 Å². The van der Waals surface area contributed by atoms with E-state index in [1.165, 1.54) is 0 Å². The number of likely N-dealkylation sites (tertiary alicyclic amines) is 1. The van der Waals surface area contributed by atoms with E-state index in [1.807, 2.05) is 51.1 Å². The second-order valence-electron chi connectivity index (χ2n) is 8.90. The summed E-state index contributed by atoms with van der Waals surface area (Å²) in [6, 6.07) is 9.36. The molecule has 0 unspecified atom stereocenters. The van der Waals surface area contributed by atoms with E-state index in [0.717, 1.165) is 31.7 Å². The van der Waals surface area contributed by atoms with Crippen LogP contribution >= 0.6 is 0 Å². The molecule has 0 aliphatic carbocycles. The molecule has 1 aromatic rings. The second kappa shape index (κ2) is 8.19. The number of carbonyl (C=O) groups excluding carboxylic acids is 2. The normalized spacial score (nSPS) is 20.5. The van der Waals surface area contributed by atoms with Gasteiger partial charge in [-0.05, 0) is 20.8 Å². The molecule has 1 amide bonds. The summed E-state index contributed by atoms with van der Waals surface area (Å²) < 4.78 is 5.34. The number of rotatable bonds is 5. The molecular weight excluding hydrogens is 358 g/mol. The molecule has 2 saturated heterocycles. The average Bonchev–Trinajstić information content (AvgIpc) is 2.60. The second-order valence-corrected chi connectivity index (χ2v) is 8.90. The Balaban J connectivity index is 1.39. The number of ketones is 1. The fourth-order valence-electron chi connectivity index (χ4n) is 3.66. The molecule has 0 radical (unpaired) electrons. The van der Waals surface area contributed by atoms with Gasteiger partial charge in [0, 0.05) is 38.3 Å². The molecule has 2 aliphatic heterocycles. The van der Waals surface area contributed by atoms with Gasteiger partial charge in [-0.15, -0.1) is 0 Å². The lowest BCUT2D eigenvalue weighted by Crippen LogP contribution is -2.68. The van der Waals surface area contributed by atoms with Gasteiger partial charge in [0.15, 0.2) is 5.78 Å². The molecule has 0 bridgehead atoms. The van der Waals surface area contributed by atoms with E-state index < -0.39 is 11.2 Å². The summed E-state index contributed by atoms with van der Waals surface area (Å²) in [5.74, 6) is 0.139. The number of ether oxygens (including phenoxy) is 1. The number of aliphatic hydroxyl groups is 1. The van der Waals surface area contributed by atoms with E-state index >= 15 is 0 Å². The van der Waals surface area contributed by atoms with Gasteiger partial charge in [-0.1, -0.05) is 30.3 Å². The Bertz CT molecular complexity index is 687. The predicted octanol–water partition coefficient (Wildman–Crippen LogP) is 1.47. The molecule has 3 rings (SSSR count). The van der Waals surface area contributed by atoms with Crippen LogP contribution in [0.1, 0.15) is 31.1 Å². The third kappa shape index (κ3) is 5.53. The lowest BCUT2D eigenvalue weighted by atomic mass is 9.93. The maximum atomic E-state index is 12.3. The first-order valence-electron chi connectivity index (χ1n) is 9.87. The molecule has 2 heterocycles. The average molecular weight is 389 g/mol. The first-order chi connectivity index (χ1) is 13.1. The summed E-state index contributed by atoms with van der Waals surface area (Å²) in [7, 11) is 0. The molecule has 154 valence electrons. The number of amides is 1. The molecule has 7 heteroatoms. The van der Waals surface area contributed by atoms with Crippen LogP contribution in [-0.2, 0) is 4.74 Å². The van der Waals surface area contributed by atoms with Crippen LogP contribution in [0.25, 0.3) is 0 Å². The summed E-state index contributed by atoms with van der Waals surface area (Å²) in [5, 5.41) is 10.7. The third-order valence-corrected chi connectivity index (χ3v) is 5.07. The summed E-state index contributed by atoms with van der Waals surface area (Å²) >= 11 is 0. The Labute approximate surface area is 166 Å². The van der Waals surface area contributed by atoms with Gasteiger partial charge < -0.3 is 14.7 Å². The summed E-state index contributed by atoms with van der Waals surface area (Å²) in [6.45, 7) is 10.3. The number of hydrogen-bond donors (Lipinski definition) is 1. The molecule has 0 saturated carbocycles. The number of β-amino-alcohol motifs (C(OH)–C–C–N with tert-alkyl or cyclic N) is 1. The van der Waals surface area contributed by atoms with Crippen molar-refractivity contribution in [3.63, 3.8) is 0 Å². The number of nitrogens with zero attached hydrogens (tertiary/aromatic N) is 3. The zero-order valence-corrected chi connectivity index (χ0v) is 17.1. The fourth-order valence-corrected chi connectivity index (χ4v) is 3.66. The van der Waals surface area contributed by atoms with Crippen molar-refractivity contribution in [2.24, 2.45) is 0 Å². The Morgan fingerprint density at radius 3 is 2.18 bits per heavy atom. The number of Topliss-reactive ketones (excluding diaryl/α,β-unsaturated/α-hetero) is 1. The molecule has 1 N–H and O–H groups in total. The molecule has 0 atom stereocenters. The Morgan fingerprint density at radius 1 is 1.04 bits per heavy atom. The van der Waals surface area contributed by atoms with Gasteiger partial charge in [0.2, 0.25) is 0 Å². The molecule has 2 fully saturated rings. The van der Waals surface area contributed by atoms with Crippen molar-refractivity contribution < 1.29 is 19.4 Å². The largest absolute Gasteiger partial charge is 0.444 e. The molecule has 2 aliphatic rings. The van der Waals surface area contributed by atoms with Crippen LogP contribution in [0.2, 0.25) is 0 Å². The van der Waals surface area contributed by atoms with Crippen LogP contribution < -0.4 is 0 Å². The smallest absolute Gasteiger partial charge is 0.410 e. The van der Waals surface area contributed by atoms with Crippen LogP contribution in [-0.4, -0.2) is 95.2 Å². The topological polar surface area (TPSA) is 73.3 Å². The highest BCUT2D eigenvalue weighted by atomic mass is 16.6. The molecule has 1 aromatic carbocycles. The van der Waals surface area contributed by atoms with E-state index in [4.69, 9.17) is 4.74 Å². The maximum Gasteiger partial charge on any atom is 0.410 e. The number of hydrogen-bond acceptors (Lipinski definition) is 6. The van der Waals surface area contributed by atoms with E-state index in [-0.39, 0.29) is 11.9 Å². The predicted molar refractivity (Wildman–Crippen MR) is 106 cm³/mol. The van der Waals surface area contributed by atoms with Crippen LogP contribution in [0.15, 0.2) is 30.3 Å². The Morgan fingerprint density at radius 2 is 1.61 bits per heavy atom. The zero-order chi connectivity index (χ0) is 20.4. The maximum absolute atomic E-state index is 12.3. The van der Waals surface area contributed by atoms with Crippen molar-refractivity contribution in [3.05, 3.63) is 35.9 Å². The van der Waals surface area contributed by atoms with Gasteiger partial charge in [0.05, 0.1) is 19.6 Å². The Kier molecular flexibility index (Phi) is 6.07. The summed E-state index contributed by atoms with van der Waals surface area (Å²) in [6.07, 6.45) is -0.374. The van der Waals surface area contributed by atoms with Gasteiger partial charge in [0.1, 0.15) is 11.2 Å². The van der Waals surface area contributed by atoms with E-state index in [9.17, 15) is 14.7 Å². The fraction of sp³-hybridized carbons (Fsp3) is 0.619. The molecular formula is C21H31N3O4. The van der Waals surface area contributed by atoms with Crippen LogP contribution in [0, 0.1) is 0 Å². The van der Waals surface area contributed by atoms with Gasteiger partial charge in [-0.2, -0.15) is 0 Å². The standard InChI is InChI=1S/C21H31N3O4/c1-20(2,3)28-19(26)24-15-21(27,16-24)14-23-11-9-22(10-12-23)13-18(25)17-7-5-4-6-8-17/h4-8,27H,9-16H2,1-3H3. The van der Waals surface area contributed by atoms with Gasteiger partial charge in [-0.25, -0.2) is 4.79 Å². The lowest BCUT2D eigenvalue weighted by Gasteiger charge is -2.49. The highest BCUT2D eigenvalue weighted by molar-refractivity contribution is 5.97. The molecule has 0 aromatic heterocycles. The minimum absolute atomic E-state index is 0.139. The van der Waals surface area contributed by atoms with E-state index in [1.54, 1.807) is 4.90 Å². The molecule has 7 nitrogen and oxygen atoms in total. The molecule has 0 spiro atoms. The lowest BCUT2D eigenvalue weighted by molar-refractivity contribution is -0.115. The SMILES string of the molecule is CC(C)(C)OC(=O)N1CC(O)(CN2CCN(CC(=O)c3ccccc3)CC2)C1. The van der Waals surface area contributed by atoms with Crippen molar-refractivity contribution in [1.29, 1.82) is 0 Å². The Hall–Kier alpha value is -1.96. The first kappa shape index (κ1) is 20.8. The number of benzene rings is 1. The quantitative estimate of drug-likeness (QED) is 0.769. The van der Waals surface area contributed by atoms with Gasteiger partial charge >= 0.3 is 6.09 Å². The highest BCUT2D eigenvalue weighted by Crippen LogP contribution is 2.25. The molecule has 28 heavy (non-hydrogen) atoms. The van der Waals surface area contributed by atoms with E-state index in [2.05, 4.69) is 9.80 Å². The summed E-state index contributed by atoms with van der Waals surface area (Å²) in [5.41, 5.74) is -0.659. The minimum atomic E-state index is -0.876.